The highest BCUT2D eigenvalue weighted by Gasteiger charge is 2.26. The van der Waals surface area contributed by atoms with E-state index in [0.29, 0.717) is 12.0 Å². The van der Waals surface area contributed by atoms with Crippen LogP contribution in [-0.4, -0.2) is 6.10 Å². The Kier molecular flexibility index (Phi) is 1.38. The molecule has 1 aliphatic heterocycles. The SMILES string of the molecule is CC1Oc2ccccc2[C@H]1C. The zero-order valence-corrected chi connectivity index (χ0v) is 6.87. The standard InChI is InChI=1S/C10H12O/c1-7-8(2)11-10-6-4-3-5-9(7)10/h3-8H,1-2H3/t7-,8?/m0/s1. The maximum Gasteiger partial charge on any atom is 0.123 e. The van der Waals surface area contributed by atoms with Gasteiger partial charge in [0, 0.05) is 11.5 Å². The van der Waals surface area contributed by atoms with Crippen LogP contribution < -0.4 is 4.74 Å². The molecule has 0 spiro atoms. The minimum atomic E-state index is 0.340. The summed E-state index contributed by atoms with van der Waals surface area (Å²) in [5.41, 5.74) is 1.35. The molecule has 0 fully saturated rings. The van der Waals surface area contributed by atoms with E-state index in [1.165, 1.54) is 5.56 Å². The van der Waals surface area contributed by atoms with E-state index >= 15 is 0 Å². The van der Waals surface area contributed by atoms with Crippen molar-refractivity contribution in [3.8, 4) is 5.75 Å². The van der Waals surface area contributed by atoms with Gasteiger partial charge in [0.25, 0.3) is 0 Å². The van der Waals surface area contributed by atoms with E-state index < -0.39 is 0 Å². The molecule has 1 nitrogen and oxygen atoms in total. The molecular weight excluding hydrogens is 136 g/mol. The maximum absolute atomic E-state index is 5.62. The Labute approximate surface area is 67.0 Å². The second-order valence-corrected chi connectivity index (χ2v) is 3.15. The fourth-order valence-electron chi connectivity index (χ4n) is 1.52. The first kappa shape index (κ1) is 6.71. The van der Waals surface area contributed by atoms with Gasteiger partial charge in [0.15, 0.2) is 0 Å². The van der Waals surface area contributed by atoms with E-state index in [-0.39, 0.29) is 0 Å². The van der Waals surface area contributed by atoms with Crippen LogP contribution in [0.3, 0.4) is 0 Å². The second-order valence-electron chi connectivity index (χ2n) is 3.15. The average Bonchev–Trinajstić information content (AvgIpc) is 2.30. The summed E-state index contributed by atoms with van der Waals surface area (Å²) in [4.78, 5) is 0. The van der Waals surface area contributed by atoms with Gasteiger partial charge in [-0.15, -0.1) is 0 Å². The van der Waals surface area contributed by atoms with Crippen LogP contribution in [0.5, 0.6) is 5.75 Å². The van der Waals surface area contributed by atoms with Gasteiger partial charge in [-0.3, -0.25) is 0 Å². The molecule has 0 bridgehead atoms. The Morgan fingerprint density at radius 3 is 2.64 bits per heavy atom. The molecule has 1 aliphatic rings. The van der Waals surface area contributed by atoms with Crippen molar-refractivity contribution in [3.63, 3.8) is 0 Å². The first-order chi connectivity index (χ1) is 5.29. The second kappa shape index (κ2) is 2.26. The van der Waals surface area contributed by atoms with Gasteiger partial charge in [-0.05, 0) is 13.0 Å². The smallest absolute Gasteiger partial charge is 0.123 e. The van der Waals surface area contributed by atoms with Crippen molar-refractivity contribution in [1.29, 1.82) is 0 Å². The third-order valence-corrected chi connectivity index (χ3v) is 2.43. The maximum atomic E-state index is 5.62. The third kappa shape index (κ3) is 0.917. The molecule has 0 aliphatic carbocycles. The largest absolute Gasteiger partial charge is 0.490 e. The highest BCUT2D eigenvalue weighted by molar-refractivity contribution is 5.40. The van der Waals surface area contributed by atoms with Gasteiger partial charge in [-0.1, -0.05) is 25.1 Å². The van der Waals surface area contributed by atoms with Crippen molar-refractivity contribution in [1.82, 2.24) is 0 Å². The lowest BCUT2D eigenvalue weighted by atomic mass is 9.99. The number of hydrogen-bond donors (Lipinski definition) is 0. The summed E-state index contributed by atoms with van der Waals surface area (Å²) in [6, 6.07) is 8.26. The van der Waals surface area contributed by atoms with Crippen LogP contribution in [0, 0.1) is 0 Å². The summed E-state index contributed by atoms with van der Waals surface area (Å²) in [6.07, 6.45) is 0.340. The number of fused-ring (bicyclic) bond motifs is 1. The van der Waals surface area contributed by atoms with Crippen molar-refractivity contribution < 1.29 is 4.74 Å². The number of benzene rings is 1. The molecule has 1 heterocycles. The molecule has 58 valence electrons. The van der Waals surface area contributed by atoms with Gasteiger partial charge < -0.3 is 4.74 Å². The fourth-order valence-corrected chi connectivity index (χ4v) is 1.52. The Balaban J connectivity index is 2.47. The van der Waals surface area contributed by atoms with Crippen molar-refractivity contribution in [2.75, 3.05) is 0 Å². The van der Waals surface area contributed by atoms with Gasteiger partial charge in [0.05, 0.1) is 0 Å². The molecule has 1 aromatic carbocycles. The predicted molar refractivity (Wildman–Crippen MR) is 44.9 cm³/mol. The molecule has 0 saturated heterocycles. The Hall–Kier alpha value is -0.980. The van der Waals surface area contributed by atoms with Gasteiger partial charge in [-0.25, -0.2) is 0 Å². The summed E-state index contributed by atoms with van der Waals surface area (Å²) >= 11 is 0. The first-order valence-corrected chi connectivity index (χ1v) is 4.04. The zero-order chi connectivity index (χ0) is 7.84. The van der Waals surface area contributed by atoms with Crippen LogP contribution in [0.4, 0.5) is 0 Å². The molecule has 2 atom stereocenters. The van der Waals surface area contributed by atoms with Crippen molar-refractivity contribution >= 4 is 0 Å². The minimum Gasteiger partial charge on any atom is -0.490 e. The highest BCUT2D eigenvalue weighted by Crippen LogP contribution is 2.36. The van der Waals surface area contributed by atoms with E-state index in [1.54, 1.807) is 0 Å². The molecule has 1 heteroatoms. The molecule has 0 N–H and O–H groups in total. The van der Waals surface area contributed by atoms with Crippen LogP contribution in [0.1, 0.15) is 25.3 Å². The summed E-state index contributed by atoms with van der Waals surface area (Å²) in [5, 5.41) is 0. The number of ether oxygens (including phenoxy) is 1. The normalized spacial score (nSPS) is 27.8. The predicted octanol–water partition coefficient (Wildman–Crippen LogP) is 2.57. The third-order valence-electron chi connectivity index (χ3n) is 2.43. The van der Waals surface area contributed by atoms with E-state index in [1.807, 2.05) is 12.1 Å². The Bertz CT molecular complexity index is 267. The summed E-state index contributed by atoms with van der Waals surface area (Å²) in [6.45, 7) is 4.32. The molecule has 2 rings (SSSR count). The molecule has 0 radical (unpaired) electrons. The van der Waals surface area contributed by atoms with Crippen molar-refractivity contribution in [2.45, 2.75) is 25.9 Å². The number of hydrogen-bond acceptors (Lipinski definition) is 1. The lowest BCUT2D eigenvalue weighted by Gasteiger charge is -2.06. The van der Waals surface area contributed by atoms with Gasteiger partial charge in [0.1, 0.15) is 11.9 Å². The average molecular weight is 148 g/mol. The summed E-state index contributed by atoms with van der Waals surface area (Å²) < 4.78 is 5.62. The molecule has 1 unspecified atom stereocenters. The van der Waals surface area contributed by atoms with Gasteiger partial charge >= 0.3 is 0 Å². The zero-order valence-electron chi connectivity index (χ0n) is 6.87. The summed E-state index contributed by atoms with van der Waals surface area (Å²) in [5.74, 6) is 1.61. The Morgan fingerprint density at radius 1 is 1.18 bits per heavy atom. The van der Waals surface area contributed by atoms with E-state index in [9.17, 15) is 0 Å². The molecule has 0 aromatic heterocycles. The molecule has 1 aromatic rings. The Morgan fingerprint density at radius 2 is 1.91 bits per heavy atom. The van der Waals surface area contributed by atoms with Crippen LogP contribution in [-0.2, 0) is 0 Å². The number of rotatable bonds is 0. The number of para-hydroxylation sites is 1. The molecule has 0 saturated carbocycles. The monoisotopic (exact) mass is 148 g/mol. The summed E-state index contributed by atoms with van der Waals surface area (Å²) in [7, 11) is 0. The lowest BCUT2D eigenvalue weighted by molar-refractivity contribution is 0.232. The highest BCUT2D eigenvalue weighted by atomic mass is 16.5. The van der Waals surface area contributed by atoms with E-state index in [0.717, 1.165) is 5.75 Å². The molecular formula is C10H12O. The van der Waals surface area contributed by atoms with Crippen molar-refractivity contribution in [2.24, 2.45) is 0 Å². The van der Waals surface area contributed by atoms with Gasteiger partial charge in [-0.2, -0.15) is 0 Å². The lowest BCUT2D eigenvalue weighted by Crippen LogP contribution is -2.10. The van der Waals surface area contributed by atoms with E-state index in [2.05, 4.69) is 26.0 Å². The molecule has 0 amide bonds. The van der Waals surface area contributed by atoms with Crippen LogP contribution in [0.15, 0.2) is 24.3 Å². The minimum absolute atomic E-state index is 0.340. The quantitative estimate of drug-likeness (QED) is 0.549. The first-order valence-electron chi connectivity index (χ1n) is 4.04. The molecule has 11 heavy (non-hydrogen) atoms. The van der Waals surface area contributed by atoms with Gasteiger partial charge in [0.2, 0.25) is 0 Å². The van der Waals surface area contributed by atoms with Crippen LogP contribution >= 0.6 is 0 Å². The van der Waals surface area contributed by atoms with Crippen LogP contribution in [0.25, 0.3) is 0 Å². The van der Waals surface area contributed by atoms with Crippen molar-refractivity contribution in [3.05, 3.63) is 29.8 Å². The topological polar surface area (TPSA) is 9.23 Å². The fraction of sp³-hybridized carbons (Fsp3) is 0.400. The van der Waals surface area contributed by atoms with E-state index in [4.69, 9.17) is 4.74 Å². The van der Waals surface area contributed by atoms with Crippen LogP contribution in [0.2, 0.25) is 0 Å².